The van der Waals surface area contributed by atoms with E-state index >= 15 is 0 Å². The molecule has 2 atom stereocenters. The standard InChI is InChI=1S/C13H18ClNO2/c1-9(11-4-5-17-8-11)15-7-10-2-3-13(16)12(14)6-10/h2-3,6,9,11,15-16H,4-5,7-8H2,1H3. The van der Waals surface area contributed by atoms with Gasteiger partial charge in [0.05, 0.1) is 11.6 Å². The Bertz CT molecular complexity index is 378. The highest BCUT2D eigenvalue weighted by Crippen LogP contribution is 2.24. The quantitative estimate of drug-likeness (QED) is 0.869. The number of nitrogens with one attached hydrogen (secondary N) is 1. The van der Waals surface area contributed by atoms with Crippen LogP contribution in [0.25, 0.3) is 0 Å². The lowest BCUT2D eigenvalue weighted by Crippen LogP contribution is -2.33. The molecular formula is C13H18ClNO2. The fourth-order valence-electron chi connectivity index (χ4n) is 2.05. The highest BCUT2D eigenvalue weighted by Gasteiger charge is 2.21. The van der Waals surface area contributed by atoms with E-state index in [1.165, 1.54) is 0 Å². The first-order chi connectivity index (χ1) is 8.16. The van der Waals surface area contributed by atoms with Crippen LogP contribution in [0.3, 0.4) is 0 Å². The predicted molar refractivity (Wildman–Crippen MR) is 68.3 cm³/mol. The molecule has 1 aliphatic heterocycles. The fraction of sp³-hybridized carbons (Fsp3) is 0.538. The number of benzene rings is 1. The molecule has 2 unspecified atom stereocenters. The number of aromatic hydroxyl groups is 1. The molecule has 2 N–H and O–H groups in total. The second-order valence-electron chi connectivity index (χ2n) is 4.58. The van der Waals surface area contributed by atoms with Crippen molar-refractivity contribution >= 4 is 11.6 Å². The lowest BCUT2D eigenvalue weighted by molar-refractivity contribution is 0.178. The Morgan fingerprint density at radius 3 is 3.06 bits per heavy atom. The van der Waals surface area contributed by atoms with Crippen LogP contribution in [0.4, 0.5) is 0 Å². The van der Waals surface area contributed by atoms with Gasteiger partial charge in [0.25, 0.3) is 0 Å². The van der Waals surface area contributed by atoms with Crippen molar-refractivity contribution in [2.24, 2.45) is 5.92 Å². The van der Waals surface area contributed by atoms with E-state index < -0.39 is 0 Å². The Morgan fingerprint density at radius 1 is 1.59 bits per heavy atom. The second kappa shape index (κ2) is 5.71. The van der Waals surface area contributed by atoms with Crippen LogP contribution in [0.15, 0.2) is 18.2 Å². The molecule has 0 aromatic heterocycles. The second-order valence-corrected chi connectivity index (χ2v) is 4.99. The van der Waals surface area contributed by atoms with Gasteiger partial charge in [-0.25, -0.2) is 0 Å². The normalized spacial score (nSPS) is 21.6. The highest BCUT2D eigenvalue weighted by atomic mass is 35.5. The number of halogens is 1. The van der Waals surface area contributed by atoms with E-state index in [9.17, 15) is 5.11 Å². The number of hydrogen-bond donors (Lipinski definition) is 2. The summed E-state index contributed by atoms with van der Waals surface area (Å²) in [7, 11) is 0. The predicted octanol–water partition coefficient (Wildman–Crippen LogP) is 2.56. The molecule has 1 fully saturated rings. The van der Waals surface area contributed by atoms with Gasteiger partial charge in [-0.15, -0.1) is 0 Å². The smallest absolute Gasteiger partial charge is 0.134 e. The van der Waals surface area contributed by atoms with Gasteiger partial charge < -0.3 is 15.2 Å². The van der Waals surface area contributed by atoms with Crippen molar-refractivity contribution in [2.75, 3.05) is 13.2 Å². The summed E-state index contributed by atoms with van der Waals surface area (Å²) in [6, 6.07) is 5.74. The first kappa shape index (κ1) is 12.7. The summed E-state index contributed by atoms with van der Waals surface area (Å²) >= 11 is 5.86. The first-order valence-electron chi connectivity index (χ1n) is 5.95. The number of hydrogen-bond acceptors (Lipinski definition) is 3. The van der Waals surface area contributed by atoms with Gasteiger partial charge in [0.15, 0.2) is 0 Å². The van der Waals surface area contributed by atoms with Gasteiger partial charge in [-0.2, -0.15) is 0 Å². The Kier molecular flexibility index (Phi) is 4.26. The third-order valence-electron chi connectivity index (χ3n) is 3.31. The molecule has 17 heavy (non-hydrogen) atoms. The maximum atomic E-state index is 9.32. The molecule has 1 saturated heterocycles. The lowest BCUT2D eigenvalue weighted by Gasteiger charge is -2.19. The summed E-state index contributed by atoms with van der Waals surface area (Å²) in [6.45, 7) is 4.67. The molecule has 94 valence electrons. The van der Waals surface area contributed by atoms with E-state index in [0.717, 1.165) is 31.7 Å². The molecule has 0 amide bonds. The molecule has 0 radical (unpaired) electrons. The van der Waals surface area contributed by atoms with Crippen LogP contribution >= 0.6 is 11.6 Å². The number of ether oxygens (including phenoxy) is 1. The van der Waals surface area contributed by atoms with Crippen LogP contribution in [0.5, 0.6) is 5.75 Å². The number of phenols is 1. The zero-order chi connectivity index (χ0) is 12.3. The van der Waals surface area contributed by atoms with Crippen LogP contribution in [0.1, 0.15) is 18.9 Å². The summed E-state index contributed by atoms with van der Waals surface area (Å²) in [6.07, 6.45) is 1.13. The van der Waals surface area contributed by atoms with E-state index in [1.807, 2.05) is 6.07 Å². The molecule has 0 aliphatic carbocycles. The molecule has 0 saturated carbocycles. The zero-order valence-electron chi connectivity index (χ0n) is 9.95. The van der Waals surface area contributed by atoms with Crippen molar-refractivity contribution in [2.45, 2.75) is 25.9 Å². The molecule has 1 heterocycles. The van der Waals surface area contributed by atoms with Gasteiger partial charge in [-0.1, -0.05) is 17.7 Å². The topological polar surface area (TPSA) is 41.5 Å². The van der Waals surface area contributed by atoms with Gasteiger partial charge in [0.2, 0.25) is 0 Å². The SMILES string of the molecule is CC(NCc1ccc(O)c(Cl)c1)C1CCOC1. The maximum Gasteiger partial charge on any atom is 0.134 e. The van der Waals surface area contributed by atoms with E-state index in [-0.39, 0.29) is 5.75 Å². The largest absolute Gasteiger partial charge is 0.506 e. The van der Waals surface area contributed by atoms with Crippen LogP contribution in [0.2, 0.25) is 5.02 Å². The Balaban J connectivity index is 1.86. The van der Waals surface area contributed by atoms with E-state index in [0.29, 0.717) is 17.0 Å². The van der Waals surface area contributed by atoms with Crippen molar-refractivity contribution in [3.05, 3.63) is 28.8 Å². The van der Waals surface area contributed by atoms with Gasteiger partial charge in [-0.3, -0.25) is 0 Å². The summed E-state index contributed by atoms with van der Waals surface area (Å²) < 4.78 is 5.37. The molecule has 4 heteroatoms. The third-order valence-corrected chi connectivity index (χ3v) is 3.62. The summed E-state index contributed by atoms with van der Waals surface area (Å²) in [5, 5.41) is 13.2. The Morgan fingerprint density at radius 2 is 2.41 bits per heavy atom. The lowest BCUT2D eigenvalue weighted by atomic mass is 10.0. The average molecular weight is 256 g/mol. The van der Waals surface area contributed by atoms with E-state index in [4.69, 9.17) is 16.3 Å². The van der Waals surface area contributed by atoms with Crippen LogP contribution in [-0.4, -0.2) is 24.4 Å². The molecule has 2 rings (SSSR count). The monoisotopic (exact) mass is 255 g/mol. The van der Waals surface area contributed by atoms with Crippen molar-refractivity contribution in [1.82, 2.24) is 5.32 Å². The molecule has 3 nitrogen and oxygen atoms in total. The van der Waals surface area contributed by atoms with Crippen molar-refractivity contribution in [1.29, 1.82) is 0 Å². The average Bonchev–Trinajstić information content (AvgIpc) is 2.84. The minimum Gasteiger partial charge on any atom is -0.506 e. The van der Waals surface area contributed by atoms with Gasteiger partial charge in [0, 0.05) is 19.2 Å². The Labute approximate surface area is 107 Å². The molecule has 0 bridgehead atoms. The minimum absolute atomic E-state index is 0.132. The Hall–Kier alpha value is -0.770. The van der Waals surface area contributed by atoms with Crippen LogP contribution in [0, 0.1) is 5.92 Å². The highest BCUT2D eigenvalue weighted by molar-refractivity contribution is 6.32. The minimum atomic E-state index is 0.132. The van der Waals surface area contributed by atoms with Crippen LogP contribution in [-0.2, 0) is 11.3 Å². The zero-order valence-corrected chi connectivity index (χ0v) is 10.7. The summed E-state index contributed by atoms with van der Waals surface area (Å²) in [5.74, 6) is 0.732. The first-order valence-corrected chi connectivity index (χ1v) is 6.33. The van der Waals surface area contributed by atoms with E-state index in [2.05, 4.69) is 12.2 Å². The summed E-state index contributed by atoms with van der Waals surface area (Å²) in [4.78, 5) is 0. The third kappa shape index (κ3) is 3.35. The van der Waals surface area contributed by atoms with E-state index in [1.54, 1.807) is 12.1 Å². The van der Waals surface area contributed by atoms with Gasteiger partial charge in [0.1, 0.15) is 5.75 Å². The molecule has 1 aromatic rings. The summed E-state index contributed by atoms with van der Waals surface area (Å²) in [5.41, 5.74) is 1.08. The number of phenolic OH excluding ortho intramolecular Hbond substituents is 1. The van der Waals surface area contributed by atoms with Crippen molar-refractivity contribution in [3.63, 3.8) is 0 Å². The molecule has 0 spiro atoms. The molecule has 1 aliphatic rings. The maximum absolute atomic E-state index is 9.32. The molecule has 1 aromatic carbocycles. The van der Waals surface area contributed by atoms with Crippen LogP contribution < -0.4 is 5.32 Å². The fourth-order valence-corrected chi connectivity index (χ4v) is 2.26. The van der Waals surface area contributed by atoms with Gasteiger partial charge in [-0.05, 0) is 37.0 Å². The molecular weight excluding hydrogens is 238 g/mol. The van der Waals surface area contributed by atoms with Crippen molar-refractivity contribution in [3.8, 4) is 5.75 Å². The van der Waals surface area contributed by atoms with Crippen molar-refractivity contribution < 1.29 is 9.84 Å². The van der Waals surface area contributed by atoms with Gasteiger partial charge >= 0.3 is 0 Å². The number of rotatable bonds is 4.